The summed E-state index contributed by atoms with van der Waals surface area (Å²) in [4.78, 5) is 46.4. The molecule has 11 heteroatoms. The molecule has 33 heavy (non-hydrogen) atoms. The molecule has 0 spiro atoms. The van der Waals surface area contributed by atoms with E-state index in [-0.39, 0.29) is 30.0 Å². The monoisotopic (exact) mass is 475 g/mol. The zero-order valence-electron chi connectivity index (χ0n) is 19.7. The van der Waals surface area contributed by atoms with Gasteiger partial charge < -0.3 is 5.11 Å². The van der Waals surface area contributed by atoms with Gasteiger partial charge in [0.2, 0.25) is 0 Å². The number of hydrogen-bond acceptors (Lipinski definition) is 7. The standard InChI is InChI=1S/C22H29N5O5S/c1-11(2)8-26-21-18(19(29)24(5)22(26)31)17(20(30)27-9-14(28)10-32-27)16(33-21)7-15-12(3)23-25(6)13(15)4/h11,14,28H,7-10H2,1-6H3. The Morgan fingerprint density at radius 2 is 1.97 bits per heavy atom. The number of aryl methyl sites for hydroxylation is 2. The lowest BCUT2D eigenvalue weighted by molar-refractivity contribution is -0.0778. The van der Waals surface area contributed by atoms with Crippen molar-refractivity contribution < 1.29 is 14.7 Å². The number of carbonyl (C=O) groups is 1. The molecular formula is C22H29N5O5S. The van der Waals surface area contributed by atoms with Crippen LogP contribution in [0, 0.1) is 19.8 Å². The van der Waals surface area contributed by atoms with E-state index in [1.807, 2.05) is 34.7 Å². The summed E-state index contributed by atoms with van der Waals surface area (Å²) < 4.78 is 4.42. The Kier molecular flexibility index (Phi) is 6.06. The van der Waals surface area contributed by atoms with Crippen molar-refractivity contribution in [2.24, 2.45) is 20.0 Å². The minimum absolute atomic E-state index is 0.0139. The van der Waals surface area contributed by atoms with E-state index in [1.54, 1.807) is 9.25 Å². The van der Waals surface area contributed by atoms with E-state index in [1.165, 1.54) is 18.4 Å². The maximum absolute atomic E-state index is 13.6. The molecule has 1 aliphatic rings. The van der Waals surface area contributed by atoms with Crippen molar-refractivity contribution in [1.29, 1.82) is 0 Å². The van der Waals surface area contributed by atoms with Crippen LogP contribution in [0.15, 0.2) is 9.59 Å². The molecule has 3 aromatic rings. The second-order valence-corrected chi connectivity index (χ2v) is 10.1. The van der Waals surface area contributed by atoms with Crippen LogP contribution in [0.2, 0.25) is 0 Å². The average Bonchev–Trinajstić information content (AvgIpc) is 3.41. The van der Waals surface area contributed by atoms with Gasteiger partial charge in [-0.3, -0.25) is 28.2 Å². The lowest BCUT2D eigenvalue weighted by Crippen LogP contribution is -2.39. The maximum Gasteiger partial charge on any atom is 0.331 e. The lowest BCUT2D eigenvalue weighted by Gasteiger charge is -2.15. The van der Waals surface area contributed by atoms with Crippen molar-refractivity contribution in [3.05, 3.63) is 48.2 Å². The SMILES string of the molecule is Cc1nn(C)c(C)c1Cc1sc2c(c1C(=O)N1CC(O)CO1)c(=O)n(C)c(=O)n2CC(C)C. The molecule has 4 heterocycles. The van der Waals surface area contributed by atoms with Crippen LogP contribution in [0.5, 0.6) is 0 Å². The summed E-state index contributed by atoms with van der Waals surface area (Å²) in [6.07, 6.45) is -0.395. The van der Waals surface area contributed by atoms with Gasteiger partial charge in [-0.1, -0.05) is 13.8 Å². The Labute approximate surface area is 194 Å². The van der Waals surface area contributed by atoms with Crippen LogP contribution in [0.25, 0.3) is 10.2 Å². The Bertz CT molecular complexity index is 1360. The third-order valence-electron chi connectivity index (χ3n) is 6.03. The molecule has 0 aromatic carbocycles. The van der Waals surface area contributed by atoms with Crippen molar-refractivity contribution in [3.8, 4) is 0 Å². The second-order valence-electron chi connectivity index (χ2n) is 9.00. The number of fused-ring (bicyclic) bond motifs is 1. The highest BCUT2D eigenvalue weighted by atomic mass is 32.1. The van der Waals surface area contributed by atoms with Crippen LogP contribution < -0.4 is 11.2 Å². The van der Waals surface area contributed by atoms with Crippen LogP contribution in [-0.2, 0) is 31.9 Å². The summed E-state index contributed by atoms with van der Waals surface area (Å²) in [6, 6.07) is 0. The predicted molar refractivity (Wildman–Crippen MR) is 125 cm³/mol. The van der Waals surface area contributed by atoms with Gasteiger partial charge in [0, 0.05) is 43.2 Å². The largest absolute Gasteiger partial charge is 0.389 e. The molecule has 4 rings (SSSR count). The topological polar surface area (TPSA) is 112 Å². The number of hydroxylamine groups is 2. The number of carbonyl (C=O) groups excluding carboxylic acids is 1. The summed E-state index contributed by atoms with van der Waals surface area (Å²) in [6.45, 7) is 8.30. The number of rotatable bonds is 5. The molecule has 1 fully saturated rings. The average molecular weight is 476 g/mol. The smallest absolute Gasteiger partial charge is 0.331 e. The number of aromatic nitrogens is 4. The highest BCUT2D eigenvalue weighted by Crippen LogP contribution is 2.33. The van der Waals surface area contributed by atoms with Gasteiger partial charge in [-0.25, -0.2) is 9.86 Å². The second kappa shape index (κ2) is 8.54. The van der Waals surface area contributed by atoms with Crippen LogP contribution in [0.3, 0.4) is 0 Å². The molecule has 1 saturated heterocycles. The number of aliphatic hydroxyl groups is 1. The summed E-state index contributed by atoms with van der Waals surface area (Å²) in [5.41, 5.74) is 2.07. The summed E-state index contributed by atoms with van der Waals surface area (Å²) in [5.74, 6) is -0.327. The van der Waals surface area contributed by atoms with E-state index in [4.69, 9.17) is 4.84 Å². The Balaban J connectivity index is 2.01. The van der Waals surface area contributed by atoms with Gasteiger partial charge in [-0.2, -0.15) is 5.10 Å². The number of β-amino-alcohol motifs (C(OH)–C–C–N with tert-alkyl or cyclic N) is 1. The van der Waals surface area contributed by atoms with Gasteiger partial charge in [0.1, 0.15) is 17.5 Å². The molecule has 178 valence electrons. The fraction of sp³-hybridized carbons (Fsp3) is 0.545. The first-order chi connectivity index (χ1) is 15.5. The fourth-order valence-corrected chi connectivity index (χ4v) is 5.52. The van der Waals surface area contributed by atoms with Gasteiger partial charge >= 0.3 is 5.69 Å². The van der Waals surface area contributed by atoms with Crippen LogP contribution in [-0.4, -0.2) is 54.2 Å². The minimum Gasteiger partial charge on any atom is -0.389 e. The van der Waals surface area contributed by atoms with E-state index in [2.05, 4.69) is 5.10 Å². The van der Waals surface area contributed by atoms with Crippen molar-refractivity contribution in [2.75, 3.05) is 13.2 Å². The molecule has 0 saturated carbocycles. The summed E-state index contributed by atoms with van der Waals surface area (Å²) >= 11 is 1.29. The molecule has 0 radical (unpaired) electrons. The third-order valence-corrected chi connectivity index (χ3v) is 7.24. The minimum atomic E-state index is -0.785. The summed E-state index contributed by atoms with van der Waals surface area (Å²) in [5, 5.41) is 15.7. The van der Waals surface area contributed by atoms with Gasteiger partial charge in [0.15, 0.2) is 0 Å². The summed E-state index contributed by atoms with van der Waals surface area (Å²) in [7, 11) is 3.29. The number of hydrogen-bond donors (Lipinski definition) is 1. The molecule has 0 bridgehead atoms. The van der Waals surface area contributed by atoms with Crippen molar-refractivity contribution in [1.82, 2.24) is 24.0 Å². The number of amides is 1. The predicted octanol–water partition coefficient (Wildman–Crippen LogP) is 1.11. The van der Waals surface area contributed by atoms with Crippen molar-refractivity contribution in [3.63, 3.8) is 0 Å². The molecule has 1 atom stereocenters. The van der Waals surface area contributed by atoms with Crippen LogP contribution in [0.4, 0.5) is 0 Å². The molecular weight excluding hydrogens is 446 g/mol. The normalized spacial score (nSPS) is 16.5. The Hall–Kier alpha value is -2.76. The van der Waals surface area contributed by atoms with E-state index < -0.39 is 23.3 Å². The highest BCUT2D eigenvalue weighted by Gasteiger charge is 2.33. The van der Waals surface area contributed by atoms with Crippen molar-refractivity contribution >= 4 is 27.5 Å². The number of thiophene rings is 1. The Morgan fingerprint density at radius 3 is 2.52 bits per heavy atom. The van der Waals surface area contributed by atoms with Gasteiger partial charge in [-0.05, 0) is 19.8 Å². The molecule has 0 aliphatic carbocycles. The van der Waals surface area contributed by atoms with E-state index in [0.717, 1.165) is 26.6 Å². The quantitative estimate of drug-likeness (QED) is 0.592. The third kappa shape index (κ3) is 3.94. The first kappa shape index (κ1) is 23.4. The van der Waals surface area contributed by atoms with Gasteiger partial charge in [0.05, 0.1) is 23.2 Å². The molecule has 1 aliphatic heterocycles. The lowest BCUT2D eigenvalue weighted by atomic mass is 10.0. The van der Waals surface area contributed by atoms with E-state index in [9.17, 15) is 19.5 Å². The zero-order valence-corrected chi connectivity index (χ0v) is 20.5. The molecule has 1 unspecified atom stereocenters. The molecule has 1 N–H and O–H groups in total. The van der Waals surface area contributed by atoms with Crippen LogP contribution >= 0.6 is 11.3 Å². The van der Waals surface area contributed by atoms with Gasteiger partial charge in [0.25, 0.3) is 11.5 Å². The number of aliphatic hydroxyl groups excluding tert-OH is 1. The van der Waals surface area contributed by atoms with Crippen molar-refractivity contribution in [2.45, 2.75) is 46.8 Å². The van der Waals surface area contributed by atoms with Crippen LogP contribution in [0.1, 0.15) is 46.0 Å². The molecule has 3 aromatic heterocycles. The Morgan fingerprint density at radius 1 is 1.27 bits per heavy atom. The molecule has 10 nitrogen and oxygen atoms in total. The fourth-order valence-electron chi connectivity index (χ4n) is 4.23. The van der Waals surface area contributed by atoms with E-state index in [0.29, 0.717) is 22.7 Å². The molecule has 1 amide bonds. The van der Waals surface area contributed by atoms with E-state index >= 15 is 0 Å². The highest BCUT2D eigenvalue weighted by molar-refractivity contribution is 7.19. The van der Waals surface area contributed by atoms with Gasteiger partial charge in [-0.15, -0.1) is 11.3 Å². The first-order valence-corrected chi connectivity index (χ1v) is 11.7. The number of nitrogens with zero attached hydrogens (tertiary/aromatic N) is 5. The zero-order chi connectivity index (χ0) is 24.2. The first-order valence-electron chi connectivity index (χ1n) is 10.9. The maximum atomic E-state index is 13.6.